The quantitative estimate of drug-likeness (QED) is 0.728. The van der Waals surface area contributed by atoms with E-state index in [4.69, 9.17) is 0 Å². The number of hydrogen-bond acceptors (Lipinski definition) is 2. The van der Waals surface area contributed by atoms with Crippen LogP contribution in [-0.2, 0) is 6.54 Å². The predicted octanol–water partition coefficient (Wildman–Crippen LogP) is 3.21. The highest BCUT2D eigenvalue weighted by Gasteiger charge is 2.06. The van der Waals surface area contributed by atoms with Gasteiger partial charge in [0, 0.05) is 4.47 Å². The molecule has 0 spiro atoms. The van der Waals surface area contributed by atoms with Gasteiger partial charge in [0.1, 0.15) is 0 Å². The maximum absolute atomic E-state index is 12.0. The average molecular weight is 315 g/mol. The van der Waals surface area contributed by atoms with Crippen LogP contribution in [0.25, 0.3) is 11.0 Å². The van der Waals surface area contributed by atoms with Crippen LogP contribution in [0.15, 0.2) is 64.0 Å². The molecule has 0 atom stereocenters. The molecule has 1 heterocycles. The van der Waals surface area contributed by atoms with Crippen molar-refractivity contribution in [3.63, 3.8) is 0 Å². The highest BCUT2D eigenvalue weighted by atomic mass is 79.9. The third kappa shape index (κ3) is 2.31. The zero-order valence-electron chi connectivity index (χ0n) is 10.1. The van der Waals surface area contributed by atoms with Crippen molar-refractivity contribution >= 4 is 27.0 Å². The van der Waals surface area contributed by atoms with Gasteiger partial charge in [-0.15, -0.1) is 0 Å². The van der Waals surface area contributed by atoms with Gasteiger partial charge in [-0.05, 0) is 23.8 Å². The van der Waals surface area contributed by atoms with E-state index in [0.717, 1.165) is 21.1 Å². The monoisotopic (exact) mass is 314 g/mol. The summed E-state index contributed by atoms with van der Waals surface area (Å²) >= 11 is 3.51. The zero-order chi connectivity index (χ0) is 13.2. The molecule has 0 aliphatic carbocycles. The van der Waals surface area contributed by atoms with Gasteiger partial charge >= 0.3 is 0 Å². The average Bonchev–Trinajstić information content (AvgIpc) is 2.44. The minimum atomic E-state index is -0.0885. The van der Waals surface area contributed by atoms with Crippen molar-refractivity contribution in [3.8, 4) is 0 Å². The van der Waals surface area contributed by atoms with Gasteiger partial charge in [-0.2, -0.15) is 0 Å². The molecule has 1 aromatic heterocycles. The molecule has 4 heteroatoms. The Morgan fingerprint density at radius 1 is 1.05 bits per heavy atom. The smallest absolute Gasteiger partial charge is 0.269 e. The summed E-state index contributed by atoms with van der Waals surface area (Å²) in [5.41, 5.74) is 2.66. The van der Waals surface area contributed by atoms with Crippen LogP contribution in [0.3, 0.4) is 0 Å². The SMILES string of the molecule is O=c1cnc2ccccc2n1Cc1ccccc1Br. The van der Waals surface area contributed by atoms with Gasteiger partial charge in [0.2, 0.25) is 0 Å². The first-order chi connectivity index (χ1) is 9.25. The van der Waals surface area contributed by atoms with Crippen LogP contribution in [0.2, 0.25) is 0 Å². The summed E-state index contributed by atoms with van der Waals surface area (Å²) in [6, 6.07) is 15.6. The summed E-state index contributed by atoms with van der Waals surface area (Å²) in [4.78, 5) is 16.2. The van der Waals surface area contributed by atoms with E-state index in [9.17, 15) is 4.79 Å². The molecule has 0 fully saturated rings. The van der Waals surface area contributed by atoms with E-state index in [1.54, 1.807) is 4.57 Å². The largest absolute Gasteiger partial charge is 0.301 e. The lowest BCUT2D eigenvalue weighted by atomic mass is 10.2. The van der Waals surface area contributed by atoms with Crippen LogP contribution < -0.4 is 5.56 Å². The van der Waals surface area contributed by atoms with Crippen molar-refractivity contribution < 1.29 is 0 Å². The third-order valence-corrected chi connectivity index (χ3v) is 3.81. The molecule has 3 rings (SSSR count). The van der Waals surface area contributed by atoms with Crippen molar-refractivity contribution in [1.29, 1.82) is 0 Å². The molecule has 94 valence electrons. The Morgan fingerprint density at radius 3 is 2.63 bits per heavy atom. The van der Waals surface area contributed by atoms with E-state index in [-0.39, 0.29) is 5.56 Å². The fourth-order valence-corrected chi connectivity index (χ4v) is 2.48. The minimum Gasteiger partial charge on any atom is -0.301 e. The molecule has 0 unspecified atom stereocenters. The van der Waals surface area contributed by atoms with E-state index in [2.05, 4.69) is 20.9 Å². The van der Waals surface area contributed by atoms with Gasteiger partial charge in [0.25, 0.3) is 5.56 Å². The molecule has 0 saturated carbocycles. The standard InChI is InChI=1S/C15H11BrN2O/c16-12-6-2-1-5-11(12)10-18-14-8-4-3-7-13(14)17-9-15(18)19/h1-9H,10H2. The summed E-state index contributed by atoms with van der Waals surface area (Å²) < 4.78 is 2.74. The second-order valence-corrected chi connectivity index (χ2v) is 5.12. The fourth-order valence-electron chi connectivity index (χ4n) is 2.07. The topological polar surface area (TPSA) is 34.9 Å². The number of halogens is 1. The Bertz CT molecular complexity index is 795. The van der Waals surface area contributed by atoms with Gasteiger partial charge in [-0.3, -0.25) is 4.79 Å². The molecule has 0 aliphatic heterocycles. The van der Waals surface area contributed by atoms with E-state index >= 15 is 0 Å². The summed E-state index contributed by atoms with van der Waals surface area (Å²) in [6.45, 7) is 0.531. The second-order valence-electron chi connectivity index (χ2n) is 4.26. The number of aromatic nitrogens is 2. The second kappa shape index (κ2) is 4.97. The van der Waals surface area contributed by atoms with Crippen molar-refractivity contribution in [1.82, 2.24) is 9.55 Å². The Morgan fingerprint density at radius 2 is 1.79 bits per heavy atom. The number of para-hydroxylation sites is 2. The lowest BCUT2D eigenvalue weighted by Crippen LogP contribution is -2.21. The molecular formula is C15H11BrN2O. The van der Waals surface area contributed by atoms with Gasteiger partial charge < -0.3 is 4.57 Å². The number of hydrogen-bond donors (Lipinski definition) is 0. The molecule has 0 N–H and O–H groups in total. The van der Waals surface area contributed by atoms with Crippen LogP contribution in [0.1, 0.15) is 5.56 Å². The number of rotatable bonds is 2. The van der Waals surface area contributed by atoms with Gasteiger partial charge in [0.05, 0.1) is 23.8 Å². The molecule has 0 bridgehead atoms. The molecule has 19 heavy (non-hydrogen) atoms. The Kier molecular flexibility index (Phi) is 3.17. The van der Waals surface area contributed by atoms with Gasteiger partial charge in [-0.25, -0.2) is 4.98 Å². The van der Waals surface area contributed by atoms with Crippen molar-refractivity contribution in [2.75, 3.05) is 0 Å². The number of fused-ring (bicyclic) bond motifs is 1. The molecule has 2 aromatic carbocycles. The molecule has 0 aliphatic rings. The predicted molar refractivity (Wildman–Crippen MR) is 79.2 cm³/mol. The highest BCUT2D eigenvalue weighted by Crippen LogP contribution is 2.18. The third-order valence-electron chi connectivity index (χ3n) is 3.04. The highest BCUT2D eigenvalue weighted by molar-refractivity contribution is 9.10. The van der Waals surface area contributed by atoms with E-state index in [1.807, 2.05) is 48.5 Å². The Hall–Kier alpha value is -1.94. The zero-order valence-corrected chi connectivity index (χ0v) is 11.7. The maximum Gasteiger partial charge on any atom is 0.269 e. The van der Waals surface area contributed by atoms with Gasteiger partial charge in [0.15, 0.2) is 0 Å². The Labute approximate surface area is 118 Å². The first-order valence-corrected chi connectivity index (χ1v) is 6.73. The lowest BCUT2D eigenvalue weighted by Gasteiger charge is -2.10. The lowest BCUT2D eigenvalue weighted by molar-refractivity contribution is 0.784. The molecule has 0 radical (unpaired) electrons. The summed E-state index contributed by atoms with van der Waals surface area (Å²) in [7, 11) is 0. The summed E-state index contributed by atoms with van der Waals surface area (Å²) in [5.74, 6) is 0. The molecule has 3 nitrogen and oxygen atoms in total. The fraction of sp³-hybridized carbons (Fsp3) is 0.0667. The van der Waals surface area contributed by atoms with E-state index in [0.29, 0.717) is 6.54 Å². The van der Waals surface area contributed by atoms with Crippen LogP contribution in [0.4, 0.5) is 0 Å². The van der Waals surface area contributed by atoms with Crippen LogP contribution >= 0.6 is 15.9 Å². The normalized spacial score (nSPS) is 10.8. The van der Waals surface area contributed by atoms with Crippen LogP contribution in [-0.4, -0.2) is 9.55 Å². The summed E-state index contributed by atoms with van der Waals surface area (Å²) in [5, 5.41) is 0. The first kappa shape index (κ1) is 12.1. The summed E-state index contributed by atoms with van der Waals surface area (Å²) in [6.07, 6.45) is 1.37. The maximum atomic E-state index is 12.0. The molecule has 3 aromatic rings. The first-order valence-electron chi connectivity index (χ1n) is 5.94. The van der Waals surface area contributed by atoms with Crippen LogP contribution in [0, 0.1) is 0 Å². The van der Waals surface area contributed by atoms with Crippen molar-refractivity contribution in [2.45, 2.75) is 6.54 Å². The number of nitrogens with zero attached hydrogens (tertiary/aromatic N) is 2. The minimum absolute atomic E-state index is 0.0885. The molecule has 0 amide bonds. The molecular weight excluding hydrogens is 304 g/mol. The number of benzene rings is 2. The van der Waals surface area contributed by atoms with Crippen LogP contribution in [0.5, 0.6) is 0 Å². The van der Waals surface area contributed by atoms with E-state index < -0.39 is 0 Å². The van der Waals surface area contributed by atoms with E-state index in [1.165, 1.54) is 6.20 Å². The van der Waals surface area contributed by atoms with Crippen molar-refractivity contribution in [3.05, 3.63) is 75.1 Å². The molecule has 0 saturated heterocycles. The van der Waals surface area contributed by atoms with Gasteiger partial charge in [-0.1, -0.05) is 46.3 Å². The van der Waals surface area contributed by atoms with Crippen molar-refractivity contribution in [2.24, 2.45) is 0 Å². The Balaban J connectivity index is 2.18.